The van der Waals surface area contributed by atoms with Gasteiger partial charge in [-0.05, 0) is 56.9 Å². The van der Waals surface area contributed by atoms with Crippen molar-refractivity contribution in [3.63, 3.8) is 0 Å². The van der Waals surface area contributed by atoms with Crippen LogP contribution < -0.4 is 5.32 Å². The lowest BCUT2D eigenvalue weighted by atomic mass is 9.97. The maximum Gasteiger partial charge on any atom is 0.135 e. The van der Waals surface area contributed by atoms with E-state index in [1.54, 1.807) is 0 Å². The van der Waals surface area contributed by atoms with Gasteiger partial charge >= 0.3 is 0 Å². The zero-order chi connectivity index (χ0) is 14.9. The lowest BCUT2D eigenvalue weighted by Gasteiger charge is -2.13. The van der Waals surface area contributed by atoms with Crippen LogP contribution in [0.2, 0.25) is 0 Å². The summed E-state index contributed by atoms with van der Waals surface area (Å²) in [5.41, 5.74) is 7.51. The Morgan fingerprint density at radius 2 is 1.60 bits per heavy atom. The van der Waals surface area contributed by atoms with Crippen molar-refractivity contribution in [2.24, 2.45) is 0 Å². The number of rotatable bonds is 3. The molecule has 0 amide bonds. The molecule has 1 N–H and O–H groups in total. The van der Waals surface area contributed by atoms with E-state index in [-0.39, 0.29) is 0 Å². The fourth-order valence-corrected chi connectivity index (χ4v) is 2.38. The summed E-state index contributed by atoms with van der Waals surface area (Å²) in [7, 11) is 1.90. The molecule has 1 aromatic carbocycles. The first-order valence-electron chi connectivity index (χ1n) is 7.01. The first-order chi connectivity index (χ1) is 9.43. The zero-order valence-corrected chi connectivity index (χ0v) is 13.3. The minimum Gasteiger partial charge on any atom is -0.373 e. The normalized spacial score (nSPS) is 10.7. The van der Waals surface area contributed by atoms with Crippen LogP contribution in [-0.2, 0) is 6.42 Å². The second-order valence-corrected chi connectivity index (χ2v) is 5.42. The highest BCUT2D eigenvalue weighted by atomic mass is 15.0. The Hall–Kier alpha value is -1.90. The Kier molecular flexibility index (Phi) is 4.07. The van der Waals surface area contributed by atoms with Gasteiger partial charge in [-0.1, -0.05) is 12.1 Å². The van der Waals surface area contributed by atoms with Crippen LogP contribution in [0.5, 0.6) is 0 Å². The quantitative estimate of drug-likeness (QED) is 0.924. The highest BCUT2D eigenvalue weighted by Crippen LogP contribution is 2.21. The summed E-state index contributed by atoms with van der Waals surface area (Å²) in [6, 6.07) is 4.37. The van der Waals surface area contributed by atoms with E-state index in [9.17, 15) is 0 Å². The van der Waals surface area contributed by atoms with Gasteiger partial charge in [0.15, 0.2) is 0 Å². The van der Waals surface area contributed by atoms with Gasteiger partial charge in [-0.15, -0.1) is 0 Å². The number of aromatic nitrogens is 2. The molecule has 2 aromatic rings. The number of hydrogen-bond donors (Lipinski definition) is 1. The molecule has 20 heavy (non-hydrogen) atoms. The Morgan fingerprint density at radius 3 is 2.25 bits per heavy atom. The molecule has 0 spiro atoms. The summed E-state index contributed by atoms with van der Waals surface area (Å²) in [6.07, 6.45) is 0.781. The Morgan fingerprint density at radius 1 is 0.900 bits per heavy atom. The first kappa shape index (κ1) is 14.5. The molecule has 106 valence electrons. The van der Waals surface area contributed by atoms with E-state index in [2.05, 4.69) is 48.2 Å². The second-order valence-electron chi connectivity index (χ2n) is 5.42. The van der Waals surface area contributed by atoms with Crippen molar-refractivity contribution in [3.05, 3.63) is 51.5 Å². The van der Waals surface area contributed by atoms with Crippen molar-refractivity contribution in [1.29, 1.82) is 0 Å². The van der Waals surface area contributed by atoms with E-state index in [0.29, 0.717) is 0 Å². The molecule has 0 aliphatic carbocycles. The molecule has 0 aliphatic heterocycles. The molecular weight excluding hydrogens is 246 g/mol. The molecule has 0 atom stereocenters. The monoisotopic (exact) mass is 269 g/mol. The van der Waals surface area contributed by atoms with Gasteiger partial charge in [0.2, 0.25) is 0 Å². The van der Waals surface area contributed by atoms with Gasteiger partial charge in [0.25, 0.3) is 0 Å². The van der Waals surface area contributed by atoms with Crippen molar-refractivity contribution >= 4 is 5.82 Å². The molecule has 3 heteroatoms. The van der Waals surface area contributed by atoms with Gasteiger partial charge in [-0.3, -0.25) is 0 Å². The number of anilines is 1. The molecule has 0 aliphatic rings. The third-order valence-electron chi connectivity index (χ3n) is 4.19. The second kappa shape index (κ2) is 5.61. The molecule has 1 aromatic heterocycles. The molecular formula is C17H23N3. The van der Waals surface area contributed by atoms with Crippen molar-refractivity contribution in [1.82, 2.24) is 9.97 Å². The molecule has 0 radical (unpaired) electrons. The molecule has 3 nitrogen and oxygen atoms in total. The number of nitrogens with zero attached hydrogens (tertiary/aromatic N) is 2. The molecule has 0 fully saturated rings. The van der Waals surface area contributed by atoms with Crippen LogP contribution >= 0.6 is 0 Å². The van der Waals surface area contributed by atoms with Crippen LogP contribution in [0.1, 0.15) is 39.3 Å². The summed E-state index contributed by atoms with van der Waals surface area (Å²) in [6.45, 7) is 10.6. The van der Waals surface area contributed by atoms with Crippen LogP contribution in [0, 0.1) is 34.6 Å². The first-order valence-corrected chi connectivity index (χ1v) is 7.01. The van der Waals surface area contributed by atoms with Crippen molar-refractivity contribution in [2.75, 3.05) is 12.4 Å². The molecule has 0 saturated heterocycles. The minimum atomic E-state index is 0.781. The van der Waals surface area contributed by atoms with E-state index in [0.717, 1.165) is 29.3 Å². The number of benzene rings is 1. The average molecular weight is 269 g/mol. The fourth-order valence-electron chi connectivity index (χ4n) is 2.38. The maximum atomic E-state index is 4.62. The van der Waals surface area contributed by atoms with Crippen molar-refractivity contribution < 1.29 is 0 Å². The summed E-state index contributed by atoms with van der Waals surface area (Å²) >= 11 is 0. The van der Waals surface area contributed by atoms with Crippen LogP contribution in [0.3, 0.4) is 0 Å². The smallest absolute Gasteiger partial charge is 0.135 e. The van der Waals surface area contributed by atoms with Crippen LogP contribution in [-0.4, -0.2) is 17.0 Å². The fraction of sp³-hybridized carbons (Fsp3) is 0.412. The molecule has 1 heterocycles. The highest BCUT2D eigenvalue weighted by Gasteiger charge is 2.10. The van der Waals surface area contributed by atoms with Crippen molar-refractivity contribution in [3.8, 4) is 0 Å². The van der Waals surface area contributed by atoms with Gasteiger partial charge in [0.1, 0.15) is 11.6 Å². The Balaban J connectivity index is 2.40. The van der Waals surface area contributed by atoms with Crippen LogP contribution in [0.4, 0.5) is 5.82 Å². The number of aryl methyl sites for hydroxylation is 2. The van der Waals surface area contributed by atoms with Gasteiger partial charge in [-0.2, -0.15) is 0 Å². The molecule has 0 saturated carbocycles. The summed E-state index contributed by atoms with van der Waals surface area (Å²) in [5.74, 6) is 1.80. The number of nitrogens with one attached hydrogen (secondary N) is 1. The Labute approximate surface area is 121 Å². The standard InChI is InChI=1S/C17H23N3/c1-10-7-8-15(12(3)11(10)2)9-16-19-14(5)13(4)17(18-6)20-16/h7-8H,9H2,1-6H3,(H,18,19,20). The van der Waals surface area contributed by atoms with E-state index < -0.39 is 0 Å². The average Bonchev–Trinajstić information content (AvgIpc) is 2.43. The van der Waals surface area contributed by atoms with Gasteiger partial charge in [0.05, 0.1) is 0 Å². The lowest BCUT2D eigenvalue weighted by Crippen LogP contribution is -2.07. The third kappa shape index (κ3) is 2.67. The molecule has 2 rings (SSSR count). The zero-order valence-electron chi connectivity index (χ0n) is 13.3. The lowest BCUT2D eigenvalue weighted by molar-refractivity contribution is 0.922. The predicted octanol–water partition coefficient (Wildman–Crippen LogP) is 3.65. The summed E-state index contributed by atoms with van der Waals surface area (Å²) in [4.78, 5) is 9.24. The van der Waals surface area contributed by atoms with E-state index in [1.165, 1.54) is 22.3 Å². The third-order valence-corrected chi connectivity index (χ3v) is 4.19. The molecule has 0 bridgehead atoms. The predicted molar refractivity (Wildman–Crippen MR) is 84.5 cm³/mol. The summed E-state index contributed by atoms with van der Waals surface area (Å²) in [5, 5.41) is 3.15. The van der Waals surface area contributed by atoms with E-state index >= 15 is 0 Å². The van der Waals surface area contributed by atoms with Crippen LogP contribution in [0.25, 0.3) is 0 Å². The van der Waals surface area contributed by atoms with E-state index in [4.69, 9.17) is 0 Å². The minimum absolute atomic E-state index is 0.781. The number of hydrogen-bond acceptors (Lipinski definition) is 3. The molecule has 0 unspecified atom stereocenters. The van der Waals surface area contributed by atoms with Gasteiger partial charge in [-0.25, -0.2) is 9.97 Å². The SMILES string of the molecule is CNc1nc(Cc2ccc(C)c(C)c2C)nc(C)c1C. The maximum absolute atomic E-state index is 4.62. The van der Waals surface area contributed by atoms with Crippen LogP contribution in [0.15, 0.2) is 12.1 Å². The van der Waals surface area contributed by atoms with Gasteiger partial charge in [0, 0.05) is 24.7 Å². The largest absolute Gasteiger partial charge is 0.373 e. The van der Waals surface area contributed by atoms with E-state index in [1.807, 2.05) is 20.9 Å². The highest BCUT2D eigenvalue weighted by molar-refractivity contribution is 5.46. The van der Waals surface area contributed by atoms with Crippen molar-refractivity contribution in [2.45, 2.75) is 41.0 Å². The van der Waals surface area contributed by atoms with Gasteiger partial charge < -0.3 is 5.32 Å². The Bertz CT molecular complexity index is 645. The topological polar surface area (TPSA) is 37.8 Å². The summed E-state index contributed by atoms with van der Waals surface area (Å²) < 4.78 is 0.